The van der Waals surface area contributed by atoms with Crippen molar-refractivity contribution in [3.05, 3.63) is 0 Å². The van der Waals surface area contributed by atoms with Gasteiger partial charge in [0.2, 0.25) is 0 Å². The van der Waals surface area contributed by atoms with E-state index >= 15 is 0 Å². The lowest BCUT2D eigenvalue weighted by molar-refractivity contribution is -0.173. The van der Waals surface area contributed by atoms with Crippen molar-refractivity contribution in [3.8, 4) is 0 Å². The van der Waals surface area contributed by atoms with Gasteiger partial charge in [-0.1, -0.05) is 0 Å². The number of cyclic esters (lactones) is 2. The van der Waals surface area contributed by atoms with E-state index in [0.29, 0.717) is 0 Å². The Morgan fingerprint density at radius 2 is 1.80 bits per heavy atom. The number of esters is 2. The van der Waals surface area contributed by atoms with Gasteiger partial charge in [0.05, 0.1) is 18.4 Å². The van der Waals surface area contributed by atoms with E-state index in [4.69, 9.17) is 0 Å². The summed E-state index contributed by atoms with van der Waals surface area (Å²) in [5.74, 6) is -1.30. The first kappa shape index (κ1) is 7.21. The molecule has 1 aliphatic rings. The Morgan fingerprint density at radius 1 is 1.40 bits per heavy atom. The summed E-state index contributed by atoms with van der Waals surface area (Å²) in [6, 6.07) is 0. The molecule has 56 valence electrons. The lowest BCUT2D eigenvalue weighted by Gasteiger charge is -2.24. The third kappa shape index (κ3) is 1.54. The highest BCUT2D eigenvalue weighted by Gasteiger charge is 2.35. The predicted molar refractivity (Wildman–Crippen MR) is 31.0 cm³/mol. The summed E-state index contributed by atoms with van der Waals surface area (Å²) in [5.41, 5.74) is -1.20. The molecule has 1 saturated heterocycles. The van der Waals surface area contributed by atoms with Crippen LogP contribution in [0.2, 0.25) is 0 Å². The summed E-state index contributed by atoms with van der Waals surface area (Å²) >= 11 is 0. The van der Waals surface area contributed by atoms with Gasteiger partial charge < -0.3 is 9.84 Å². The largest absolute Gasteiger partial charge is 0.393 e. The summed E-state index contributed by atoms with van der Waals surface area (Å²) in [6.45, 7) is 1.44. The molecule has 4 heteroatoms. The monoisotopic (exact) mass is 146 g/mol. The third-order valence-corrected chi connectivity index (χ3v) is 1.28. The molecule has 1 aliphatic heterocycles. The fourth-order valence-electron chi connectivity index (χ4n) is 0.884. The van der Waals surface area contributed by atoms with Gasteiger partial charge in [-0.25, -0.2) is 0 Å². The molecule has 0 unspecified atom stereocenters. The quantitative estimate of drug-likeness (QED) is 0.373. The van der Waals surface area contributed by atoms with E-state index in [0.717, 1.165) is 0 Å². The van der Waals surface area contributed by atoms with Crippen molar-refractivity contribution < 1.29 is 19.4 Å². The van der Waals surface area contributed by atoms with Crippen LogP contribution in [0.25, 0.3) is 0 Å². The molecule has 1 rings (SSSR count). The molecule has 0 bridgehead atoms. The van der Waals surface area contributed by atoms with Crippen LogP contribution < -0.4 is 0 Å². The van der Waals surface area contributed by atoms with Crippen LogP contribution >= 0.6 is 0 Å². The number of rotatable bonds is 0. The molecule has 0 amide bonds. The van der Waals surface area contributed by atoms with E-state index in [1.54, 1.807) is 0 Å². The average Bonchev–Trinajstić information content (AvgIpc) is 1.54. The van der Waals surface area contributed by atoms with Crippen LogP contribution in [0.1, 0.15) is 19.8 Å². The van der Waals surface area contributed by atoms with Gasteiger partial charge in [-0.2, -0.15) is 0 Å². The number of hydrogen-bond acceptors (Lipinski definition) is 4. The molecule has 4 nitrogen and oxygen atoms in total. The fraction of sp³-hybridized carbons (Fsp3) is 0.667. The predicted octanol–water partition coefficient (Wildman–Crippen LogP) is -0.399. The Hall–Kier alpha value is -0.900. The highest BCUT2D eigenvalue weighted by Crippen LogP contribution is 2.20. The molecule has 1 heterocycles. The van der Waals surface area contributed by atoms with E-state index < -0.39 is 17.5 Å². The lowest BCUT2D eigenvalue weighted by atomic mass is 10.4. The Kier molecular flexibility index (Phi) is 1.48. The molecule has 1 N–H and O–H groups in total. The smallest absolute Gasteiger partial charge is 0.316 e. The number of aliphatic hydroxyl groups is 1. The van der Waals surface area contributed by atoms with Gasteiger partial charge in [-0.3, -0.25) is 9.59 Å². The SMILES string of the molecule is C[14C]1(O)CC(=O)OC(=O)C1. The van der Waals surface area contributed by atoms with Crippen LogP contribution in [0.15, 0.2) is 0 Å². The molecule has 0 spiro atoms. The molecule has 1 fully saturated rings. The Balaban J connectivity index is 2.68. The Labute approximate surface area is 57.8 Å². The normalized spacial score (nSPS) is 24.2. The molecule has 0 aromatic carbocycles. The van der Waals surface area contributed by atoms with E-state index in [9.17, 15) is 14.7 Å². The van der Waals surface area contributed by atoms with Crippen LogP contribution in [0.3, 0.4) is 0 Å². The highest BCUT2D eigenvalue weighted by molar-refractivity contribution is 5.89. The number of carbonyl (C=O) groups excluding carboxylic acids is 2. The van der Waals surface area contributed by atoms with Crippen LogP contribution in [-0.2, 0) is 14.3 Å². The minimum absolute atomic E-state index is 0.0985. The second-order valence-corrected chi connectivity index (χ2v) is 2.70. The molecule has 0 radical (unpaired) electrons. The average molecular weight is 146 g/mol. The Morgan fingerprint density at radius 3 is 2.10 bits per heavy atom. The number of ether oxygens (including phenoxy) is 1. The van der Waals surface area contributed by atoms with Crippen molar-refractivity contribution in [3.63, 3.8) is 0 Å². The summed E-state index contributed by atoms with van der Waals surface area (Å²) in [4.78, 5) is 21.0. The summed E-state index contributed by atoms with van der Waals surface area (Å²) in [5, 5.41) is 9.19. The van der Waals surface area contributed by atoms with Gasteiger partial charge >= 0.3 is 11.9 Å². The molecule has 0 aromatic heterocycles. The summed E-state index contributed by atoms with van der Waals surface area (Å²) in [7, 11) is 0. The molecular formula is C6H8O4. The summed E-state index contributed by atoms with van der Waals surface area (Å²) < 4.78 is 4.18. The molecule has 0 atom stereocenters. The van der Waals surface area contributed by atoms with Gasteiger partial charge in [-0.15, -0.1) is 0 Å². The van der Waals surface area contributed by atoms with Gasteiger partial charge in [0.15, 0.2) is 0 Å². The number of carbonyl (C=O) groups is 2. The summed E-state index contributed by atoms with van der Waals surface area (Å²) in [6.07, 6.45) is -0.197. The van der Waals surface area contributed by atoms with Gasteiger partial charge in [0.25, 0.3) is 0 Å². The Bertz CT molecular complexity index is 164. The van der Waals surface area contributed by atoms with Gasteiger partial charge in [0, 0.05) is 0 Å². The molecular weight excluding hydrogens is 138 g/mol. The zero-order chi connectivity index (χ0) is 7.78. The molecule has 0 saturated carbocycles. The van der Waals surface area contributed by atoms with Crippen LogP contribution in [0, 0.1) is 0 Å². The van der Waals surface area contributed by atoms with Crippen LogP contribution in [-0.4, -0.2) is 22.6 Å². The van der Waals surface area contributed by atoms with Gasteiger partial charge in [0.1, 0.15) is 0 Å². The second-order valence-electron chi connectivity index (χ2n) is 2.70. The van der Waals surface area contributed by atoms with Crippen LogP contribution in [0.4, 0.5) is 0 Å². The first-order valence-corrected chi connectivity index (χ1v) is 2.95. The van der Waals surface area contributed by atoms with Crippen molar-refractivity contribution in [1.82, 2.24) is 0 Å². The highest BCUT2D eigenvalue weighted by atomic mass is 16.6. The van der Waals surface area contributed by atoms with E-state index in [-0.39, 0.29) is 12.8 Å². The maximum absolute atomic E-state index is 10.5. The number of hydrogen-bond donors (Lipinski definition) is 1. The zero-order valence-electron chi connectivity index (χ0n) is 5.59. The molecule has 10 heavy (non-hydrogen) atoms. The maximum atomic E-state index is 10.5. The minimum atomic E-state index is -1.20. The van der Waals surface area contributed by atoms with Gasteiger partial charge in [-0.05, 0) is 6.92 Å². The van der Waals surface area contributed by atoms with E-state index in [1.165, 1.54) is 6.92 Å². The van der Waals surface area contributed by atoms with Crippen molar-refractivity contribution >= 4 is 11.9 Å². The molecule has 0 aliphatic carbocycles. The van der Waals surface area contributed by atoms with E-state index in [2.05, 4.69) is 4.74 Å². The van der Waals surface area contributed by atoms with Crippen LogP contribution in [0.5, 0.6) is 0 Å². The zero-order valence-corrected chi connectivity index (χ0v) is 5.59. The fourth-order valence-corrected chi connectivity index (χ4v) is 0.884. The third-order valence-electron chi connectivity index (χ3n) is 1.28. The molecule has 0 aromatic rings. The van der Waals surface area contributed by atoms with Crippen molar-refractivity contribution in [2.24, 2.45) is 0 Å². The standard InChI is InChI=1S/C6H8O4/c1-6(9)2-4(7)10-5(8)3-6/h9H,2-3H2,1H3/i6+2. The lowest BCUT2D eigenvalue weighted by Crippen LogP contribution is -2.38. The first-order chi connectivity index (χ1) is 4.49. The minimum Gasteiger partial charge on any atom is -0.393 e. The van der Waals surface area contributed by atoms with E-state index in [1.807, 2.05) is 0 Å². The van der Waals surface area contributed by atoms with Crippen molar-refractivity contribution in [1.29, 1.82) is 0 Å². The van der Waals surface area contributed by atoms with Crippen molar-refractivity contribution in [2.45, 2.75) is 25.4 Å². The second kappa shape index (κ2) is 2.05. The topological polar surface area (TPSA) is 63.6 Å². The van der Waals surface area contributed by atoms with Crippen molar-refractivity contribution in [2.75, 3.05) is 0 Å². The first-order valence-electron chi connectivity index (χ1n) is 2.95. The maximum Gasteiger partial charge on any atom is 0.316 e.